The third-order valence-corrected chi connectivity index (χ3v) is 6.40. The minimum atomic E-state index is -1.39. The SMILES string of the molecule is CON=C(C)c1ccc(Cc2cc(C3OC(CO)C(O)C(O)C3O)ccc2C2CC2)cc1. The Hall–Kier alpha value is -2.29. The monoisotopic (exact) mass is 441 g/mol. The molecule has 1 aliphatic carbocycles. The molecule has 1 heterocycles. The van der Waals surface area contributed by atoms with E-state index in [2.05, 4.69) is 23.4 Å². The van der Waals surface area contributed by atoms with Crippen LogP contribution in [-0.4, -0.2) is 64.3 Å². The minimum Gasteiger partial charge on any atom is -0.399 e. The van der Waals surface area contributed by atoms with Crippen LogP contribution in [0.25, 0.3) is 0 Å². The Bertz CT molecular complexity index is 953. The second kappa shape index (κ2) is 9.68. The van der Waals surface area contributed by atoms with Gasteiger partial charge in [0.05, 0.1) is 12.3 Å². The first kappa shape index (κ1) is 22.9. The minimum absolute atomic E-state index is 0.438. The van der Waals surface area contributed by atoms with Crippen LogP contribution in [0.15, 0.2) is 47.6 Å². The fraction of sp³-hybridized carbons (Fsp3) is 0.480. The van der Waals surface area contributed by atoms with E-state index in [4.69, 9.17) is 9.57 Å². The molecule has 32 heavy (non-hydrogen) atoms. The first-order valence-corrected chi connectivity index (χ1v) is 11.0. The third-order valence-electron chi connectivity index (χ3n) is 6.40. The average molecular weight is 442 g/mol. The summed E-state index contributed by atoms with van der Waals surface area (Å²) in [4.78, 5) is 4.85. The predicted molar refractivity (Wildman–Crippen MR) is 120 cm³/mol. The first-order valence-electron chi connectivity index (χ1n) is 11.0. The maximum atomic E-state index is 10.5. The number of ether oxygens (including phenoxy) is 1. The number of nitrogens with zero attached hydrogens (tertiary/aromatic N) is 1. The molecule has 5 atom stereocenters. The summed E-state index contributed by atoms with van der Waals surface area (Å²) in [6.45, 7) is 1.46. The van der Waals surface area contributed by atoms with Crippen molar-refractivity contribution in [1.82, 2.24) is 0 Å². The van der Waals surface area contributed by atoms with Crippen molar-refractivity contribution in [2.45, 2.75) is 62.6 Å². The van der Waals surface area contributed by atoms with Gasteiger partial charge in [-0.05, 0) is 59.9 Å². The zero-order valence-electron chi connectivity index (χ0n) is 18.4. The maximum Gasteiger partial charge on any atom is 0.113 e. The number of benzene rings is 2. The Labute approximate surface area is 187 Å². The van der Waals surface area contributed by atoms with Gasteiger partial charge in [-0.25, -0.2) is 0 Å². The fourth-order valence-corrected chi connectivity index (χ4v) is 4.40. The van der Waals surface area contributed by atoms with Crippen LogP contribution in [0.4, 0.5) is 0 Å². The zero-order chi connectivity index (χ0) is 22.8. The largest absolute Gasteiger partial charge is 0.399 e. The van der Waals surface area contributed by atoms with E-state index in [-0.39, 0.29) is 0 Å². The van der Waals surface area contributed by atoms with Crippen molar-refractivity contribution < 1.29 is 30.0 Å². The first-order chi connectivity index (χ1) is 15.4. The van der Waals surface area contributed by atoms with Crippen molar-refractivity contribution in [2.24, 2.45) is 5.16 Å². The van der Waals surface area contributed by atoms with Gasteiger partial charge in [0.25, 0.3) is 0 Å². The number of aliphatic hydroxyl groups excluding tert-OH is 4. The molecule has 0 radical (unpaired) electrons. The van der Waals surface area contributed by atoms with Crippen molar-refractivity contribution >= 4 is 5.71 Å². The Morgan fingerprint density at radius 1 is 1.03 bits per heavy atom. The van der Waals surface area contributed by atoms with Gasteiger partial charge in [-0.2, -0.15) is 0 Å². The molecule has 4 N–H and O–H groups in total. The average Bonchev–Trinajstić information content (AvgIpc) is 3.64. The topological polar surface area (TPSA) is 112 Å². The molecule has 7 heteroatoms. The van der Waals surface area contributed by atoms with E-state index in [0.717, 1.165) is 47.2 Å². The van der Waals surface area contributed by atoms with Crippen LogP contribution < -0.4 is 0 Å². The van der Waals surface area contributed by atoms with Gasteiger partial charge < -0.3 is 30.0 Å². The molecule has 1 aliphatic heterocycles. The summed E-state index contributed by atoms with van der Waals surface area (Å²) in [5, 5.41) is 44.3. The standard InChI is InChI=1S/C25H31NO6/c1-14(26-31-2)16-5-3-15(4-6-16)11-19-12-18(9-10-20(19)17-7-8-17)25-24(30)23(29)22(28)21(13-27)32-25/h3-6,9-10,12,17,21-25,27-30H,7-8,11,13H2,1-2H3. The van der Waals surface area contributed by atoms with Gasteiger partial charge >= 0.3 is 0 Å². The quantitative estimate of drug-likeness (QED) is 0.387. The van der Waals surface area contributed by atoms with Crippen molar-refractivity contribution in [3.63, 3.8) is 0 Å². The Morgan fingerprint density at radius 2 is 1.75 bits per heavy atom. The summed E-state index contributed by atoms with van der Waals surface area (Å²) < 4.78 is 5.77. The summed E-state index contributed by atoms with van der Waals surface area (Å²) in [5.74, 6) is 0.546. The van der Waals surface area contributed by atoms with E-state index < -0.39 is 37.1 Å². The van der Waals surface area contributed by atoms with Crippen LogP contribution in [0.5, 0.6) is 0 Å². The number of rotatable bonds is 7. The molecule has 7 nitrogen and oxygen atoms in total. The normalized spacial score (nSPS) is 28.6. The van der Waals surface area contributed by atoms with Crippen molar-refractivity contribution in [3.8, 4) is 0 Å². The van der Waals surface area contributed by atoms with E-state index in [0.29, 0.717) is 5.92 Å². The van der Waals surface area contributed by atoms with Gasteiger partial charge in [-0.3, -0.25) is 0 Å². The van der Waals surface area contributed by atoms with Crippen LogP contribution in [0.2, 0.25) is 0 Å². The summed E-state index contributed by atoms with van der Waals surface area (Å²) in [7, 11) is 1.53. The van der Waals surface area contributed by atoms with Gasteiger partial charge in [0.15, 0.2) is 0 Å². The summed E-state index contributed by atoms with van der Waals surface area (Å²) in [5.41, 5.74) is 6.11. The molecule has 172 valence electrons. The lowest BCUT2D eigenvalue weighted by Gasteiger charge is -2.40. The van der Waals surface area contributed by atoms with E-state index in [1.807, 2.05) is 31.2 Å². The van der Waals surface area contributed by atoms with Crippen LogP contribution in [0.3, 0.4) is 0 Å². The van der Waals surface area contributed by atoms with Crippen LogP contribution in [0.1, 0.15) is 59.6 Å². The second-order valence-electron chi connectivity index (χ2n) is 8.71. The molecule has 4 rings (SSSR count). The molecule has 2 fully saturated rings. The Kier molecular flexibility index (Phi) is 6.93. The van der Waals surface area contributed by atoms with Gasteiger partial charge in [0.1, 0.15) is 37.6 Å². The fourth-order valence-electron chi connectivity index (χ4n) is 4.40. The molecular weight excluding hydrogens is 410 g/mol. The van der Waals surface area contributed by atoms with Gasteiger partial charge in [0, 0.05) is 0 Å². The van der Waals surface area contributed by atoms with E-state index in [1.54, 1.807) is 0 Å². The predicted octanol–water partition coefficient (Wildman–Crippen LogP) is 2.04. The van der Waals surface area contributed by atoms with E-state index >= 15 is 0 Å². The van der Waals surface area contributed by atoms with Gasteiger partial charge in [0.2, 0.25) is 0 Å². The molecule has 2 aliphatic rings. The Balaban J connectivity index is 1.61. The molecule has 1 saturated carbocycles. The van der Waals surface area contributed by atoms with E-state index in [9.17, 15) is 20.4 Å². The highest BCUT2D eigenvalue weighted by molar-refractivity contribution is 5.98. The summed E-state index contributed by atoms with van der Waals surface area (Å²) >= 11 is 0. The second-order valence-corrected chi connectivity index (χ2v) is 8.71. The lowest BCUT2D eigenvalue weighted by Crippen LogP contribution is -2.55. The molecule has 0 spiro atoms. The van der Waals surface area contributed by atoms with Gasteiger partial charge in [-0.15, -0.1) is 0 Å². The molecule has 2 aromatic carbocycles. The molecule has 1 saturated heterocycles. The molecule has 0 bridgehead atoms. The molecule has 0 aromatic heterocycles. The number of hydrogen-bond acceptors (Lipinski definition) is 7. The highest BCUT2D eigenvalue weighted by Crippen LogP contribution is 2.43. The molecule has 2 aromatic rings. The number of oxime groups is 1. The zero-order valence-corrected chi connectivity index (χ0v) is 18.4. The summed E-state index contributed by atoms with van der Waals surface area (Å²) in [6, 6.07) is 14.2. The van der Waals surface area contributed by atoms with Crippen molar-refractivity contribution in [3.05, 3.63) is 70.3 Å². The molecule has 0 amide bonds. The number of hydrogen-bond donors (Lipinski definition) is 4. The smallest absolute Gasteiger partial charge is 0.113 e. The van der Waals surface area contributed by atoms with Crippen molar-refractivity contribution in [1.29, 1.82) is 0 Å². The van der Waals surface area contributed by atoms with Crippen LogP contribution in [0, 0.1) is 0 Å². The summed E-state index contributed by atoms with van der Waals surface area (Å²) in [6.07, 6.45) is -2.73. The Morgan fingerprint density at radius 3 is 2.38 bits per heavy atom. The molecular formula is C25H31NO6. The maximum absolute atomic E-state index is 10.5. The number of aliphatic hydroxyl groups is 4. The van der Waals surface area contributed by atoms with Crippen LogP contribution in [-0.2, 0) is 16.0 Å². The van der Waals surface area contributed by atoms with Crippen LogP contribution >= 0.6 is 0 Å². The highest BCUT2D eigenvalue weighted by atomic mass is 16.6. The lowest BCUT2D eigenvalue weighted by atomic mass is 9.88. The molecule has 5 unspecified atom stereocenters. The lowest BCUT2D eigenvalue weighted by molar-refractivity contribution is -0.231. The van der Waals surface area contributed by atoms with Crippen molar-refractivity contribution in [2.75, 3.05) is 13.7 Å². The highest BCUT2D eigenvalue weighted by Gasteiger charge is 2.44. The van der Waals surface area contributed by atoms with Gasteiger partial charge in [-0.1, -0.05) is 47.6 Å². The third kappa shape index (κ3) is 4.72. The van der Waals surface area contributed by atoms with E-state index in [1.165, 1.54) is 12.7 Å².